The van der Waals surface area contributed by atoms with Crippen LogP contribution in [0, 0.1) is 5.41 Å². The molecule has 0 aliphatic rings. The van der Waals surface area contributed by atoms with Gasteiger partial charge in [-0.05, 0) is 27.2 Å². The van der Waals surface area contributed by atoms with E-state index in [1.165, 1.54) is 0 Å². The number of hydrogen-bond acceptors (Lipinski definition) is 7. The van der Waals surface area contributed by atoms with E-state index in [2.05, 4.69) is 0 Å². The lowest BCUT2D eigenvalue weighted by molar-refractivity contribution is -0.184. The summed E-state index contributed by atoms with van der Waals surface area (Å²) in [7, 11) is 0. The first-order chi connectivity index (χ1) is 9.50. The fourth-order valence-electron chi connectivity index (χ4n) is 1.59. The Morgan fingerprint density at radius 3 is 1.45 bits per heavy atom. The molecule has 7 heteroatoms. The van der Waals surface area contributed by atoms with E-state index in [1.54, 1.807) is 20.8 Å². The average Bonchev–Trinajstić information content (AvgIpc) is 2.40. The smallest absolute Gasteiger partial charge is 0.335 e. The second kappa shape index (κ2) is 9.06. The van der Waals surface area contributed by atoms with Crippen molar-refractivity contribution in [1.29, 1.82) is 0 Å². The molecule has 0 N–H and O–H groups in total. The maximum Gasteiger partial charge on any atom is 0.335 e. The van der Waals surface area contributed by atoms with Crippen molar-refractivity contribution in [2.75, 3.05) is 19.8 Å². The first-order valence-corrected chi connectivity index (χ1v) is 6.46. The predicted octanol–water partition coefficient (Wildman–Crippen LogP) is 0.641. The third kappa shape index (κ3) is 4.04. The molecular weight excluding hydrogens is 268 g/mol. The van der Waals surface area contributed by atoms with Gasteiger partial charge in [0.1, 0.15) is 6.29 Å². The highest BCUT2D eigenvalue weighted by Gasteiger charge is 2.56. The third-order valence-electron chi connectivity index (χ3n) is 2.51. The van der Waals surface area contributed by atoms with Crippen molar-refractivity contribution in [1.82, 2.24) is 0 Å². The van der Waals surface area contributed by atoms with Crippen molar-refractivity contribution in [2.24, 2.45) is 5.41 Å². The molecule has 20 heavy (non-hydrogen) atoms. The Kier molecular flexibility index (Phi) is 8.19. The minimum absolute atomic E-state index is 0.0134. The molecule has 0 saturated heterocycles. The molecule has 0 heterocycles. The maximum atomic E-state index is 12.1. The standard InChI is InChI=1S/C13H20O7/c1-4-18-10(15)13(8-7-9-14,11(16)19-5-2)12(17)20-6-3/h9H,4-8H2,1-3H3. The number of carbonyl (C=O) groups excluding carboxylic acids is 4. The Morgan fingerprint density at radius 1 is 0.850 bits per heavy atom. The van der Waals surface area contributed by atoms with Gasteiger partial charge in [-0.3, -0.25) is 14.4 Å². The molecule has 0 amide bonds. The Labute approximate surface area is 117 Å². The zero-order chi connectivity index (χ0) is 15.6. The van der Waals surface area contributed by atoms with Gasteiger partial charge < -0.3 is 19.0 Å². The SMILES string of the molecule is CCOC(=O)C(CCC=O)(C(=O)OCC)C(=O)OCC. The van der Waals surface area contributed by atoms with E-state index in [4.69, 9.17) is 14.2 Å². The van der Waals surface area contributed by atoms with Gasteiger partial charge in [0.15, 0.2) is 0 Å². The molecule has 0 radical (unpaired) electrons. The molecule has 0 aromatic rings. The predicted molar refractivity (Wildman–Crippen MR) is 67.6 cm³/mol. The van der Waals surface area contributed by atoms with E-state index in [9.17, 15) is 19.2 Å². The molecule has 0 aromatic heterocycles. The summed E-state index contributed by atoms with van der Waals surface area (Å²) in [5.74, 6) is -3.17. The molecule has 0 spiro atoms. The lowest BCUT2D eigenvalue weighted by atomic mass is 9.83. The molecule has 0 aromatic carbocycles. The van der Waals surface area contributed by atoms with Crippen LogP contribution in [0.15, 0.2) is 0 Å². The number of ether oxygens (including phenoxy) is 3. The summed E-state index contributed by atoms with van der Waals surface area (Å²) in [6, 6.07) is 0. The summed E-state index contributed by atoms with van der Waals surface area (Å²) >= 11 is 0. The first kappa shape index (κ1) is 18.1. The van der Waals surface area contributed by atoms with Gasteiger partial charge >= 0.3 is 17.9 Å². The lowest BCUT2D eigenvalue weighted by Gasteiger charge is -2.26. The lowest BCUT2D eigenvalue weighted by Crippen LogP contribution is -2.49. The fraction of sp³-hybridized carbons (Fsp3) is 0.692. The largest absolute Gasteiger partial charge is 0.465 e. The summed E-state index contributed by atoms with van der Waals surface area (Å²) in [6.45, 7) is 4.58. The quantitative estimate of drug-likeness (QED) is 0.266. The number of carbonyl (C=O) groups is 4. The van der Waals surface area contributed by atoms with Gasteiger partial charge in [0.25, 0.3) is 5.41 Å². The van der Waals surface area contributed by atoms with Gasteiger partial charge in [-0.1, -0.05) is 0 Å². The zero-order valence-electron chi connectivity index (χ0n) is 12.0. The minimum atomic E-state index is -2.23. The van der Waals surface area contributed by atoms with E-state index in [1.807, 2.05) is 0 Å². The minimum Gasteiger partial charge on any atom is -0.465 e. The van der Waals surface area contributed by atoms with Crippen molar-refractivity contribution in [3.63, 3.8) is 0 Å². The topological polar surface area (TPSA) is 96.0 Å². The molecule has 114 valence electrons. The van der Waals surface area contributed by atoms with Crippen LogP contribution in [-0.2, 0) is 33.4 Å². The molecule has 0 bridgehead atoms. The van der Waals surface area contributed by atoms with Gasteiger partial charge in [0.05, 0.1) is 19.8 Å². The van der Waals surface area contributed by atoms with Gasteiger partial charge in [-0.15, -0.1) is 0 Å². The number of esters is 3. The van der Waals surface area contributed by atoms with Crippen molar-refractivity contribution in [3.05, 3.63) is 0 Å². The Morgan fingerprint density at radius 2 is 1.20 bits per heavy atom. The van der Waals surface area contributed by atoms with Gasteiger partial charge in [-0.25, -0.2) is 0 Å². The van der Waals surface area contributed by atoms with Gasteiger partial charge in [0, 0.05) is 6.42 Å². The molecule has 7 nitrogen and oxygen atoms in total. The number of aldehydes is 1. The highest BCUT2D eigenvalue weighted by atomic mass is 16.6. The summed E-state index contributed by atoms with van der Waals surface area (Å²) in [5, 5.41) is 0. The first-order valence-electron chi connectivity index (χ1n) is 6.46. The second-order valence-electron chi connectivity index (χ2n) is 3.77. The van der Waals surface area contributed by atoms with E-state index >= 15 is 0 Å². The highest BCUT2D eigenvalue weighted by molar-refractivity contribution is 6.18. The Bertz CT molecular complexity index is 316. The maximum absolute atomic E-state index is 12.1. The van der Waals surface area contributed by atoms with Crippen LogP contribution in [-0.4, -0.2) is 44.0 Å². The summed E-state index contributed by atoms with van der Waals surface area (Å²) in [5.41, 5.74) is -2.23. The van der Waals surface area contributed by atoms with Crippen molar-refractivity contribution in [2.45, 2.75) is 33.6 Å². The molecular formula is C13H20O7. The average molecular weight is 288 g/mol. The van der Waals surface area contributed by atoms with Crippen LogP contribution in [0.5, 0.6) is 0 Å². The second-order valence-corrected chi connectivity index (χ2v) is 3.77. The van der Waals surface area contributed by atoms with E-state index in [0.717, 1.165) is 0 Å². The van der Waals surface area contributed by atoms with Gasteiger partial charge in [0.2, 0.25) is 0 Å². The zero-order valence-corrected chi connectivity index (χ0v) is 12.0. The normalized spacial score (nSPS) is 10.6. The van der Waals surface area contributed by atoms with Gasteiger partial charge in [-0.2, -0.15) is 0 Å². The van der Waals surface area contributed by atoms with Crippen molar-refractivity contribution in [3.8, 4) is 0 Å². The van der Waals surface area contributed by atoms with Crippen LogP contribution in [0.25, 0.3) is 0 Å². The van der Waals surface area contributed by atoms with Crippen LogP contribution < -0.4 is 0 Å². The van der Waals surface area contributed by atoms with Crippen molar-refractivity contribution < 1.29 is 33.4 Å². The third-order valence-corrected chi connectivity index (χ3v) is 2.51. The highest BCUT2D eigenvalue weighted by Crippen LogP contribution is 2.30. The van der Waals surface area contributed by atoms with Crippen LogP contribution >= 0.6 is 0 Å². The van der Waals surface area contributed by atoms with Crippen LogP contribution in [0.2, 0.25) is 0 Å². The number of rotatable bonds is 9. The summed E-state index contributed by atoms with van der Waals surface area (Å²) in [6.07, 6.45) is -0.00410. The molecule has 0 saturated carbocycles. The molecule has 0 fully saturated rings. The molecule has 0 aliphatic carbocycles. The van der Waals surface area contributed by atoms with E-state index < -0.39 is 23.3 Å². The summed E-state index contributed by atoms with van der Waals surface area (Å²) in [4.78, 5) is 46.7. The van der Waals surface area contributed by atoms with Crippen LogP contribution in [0.1, 0.15) is 33.6 Å². The van der Waals surface area contributed by atoms with Crippen LogP contribution in [0.4, 0.5) is 0 Å². The Balaban J connectivity index is 5.60. The van der Waals surface area contributed by atoms with Crippen LogP contribution in [0.3, 0.4) is 0 Å². The van der Waals surface area contributed by atoms with E-state index in [0.29, 0.717) is 6.29 Å². The van der Waals surface area contributed by atoms with E-state index in [-0.39, 0.29) is 32.7 Å². The Hall–Kier alpha value is -1.92. The fourth-order valence-corrected chi connectivity index (χ4v) is 1.59. The number of hydrogen-bond donors (Lipinski definition) is 0. The molecule has 0 unspecified atom stereocenters. The summed E-state index contributed by atoms with van der Waals surface area (Å²) < 4.78 is 14.3. The molecule has 0 rings (SSSR count). The molecule has 0 atom stereocenters. The monoisotopic (exact) mass is 288 g/mol. The molecule has 0 aliphatic heterocycles. The van der Waals surface area contributed by atoms with Crippen molar-refractivity contribution >= 4 is 24.2 Å².